The molecule has 78 valence electrons. The summed E-state index contributed by atoms with van der Waals surface area (Å²) < 4.78 is 11.8. The molecule has 1 unspecified atom stereocenters. The van der Waals surface area contributed by atoms with E-state index in [1.165, 1.54) is 0 Å². The summed E-state index contributed by atoms with van der Waals surface area (Å²) in [5, 5.41) is 0.555. The van der Waals surface area contributed by atoms with Gasteiger partial charge in [0.2, 0.25) is 7.37 Å². The molecule has 0 aliphatic carbocycles. The van der Waals surface area contributed by atoms with Gasteiger partial charge in [-0.25, -0.2) is 0 Å². The molecule has 0 bridgehead atoms. The normalized spacial score (nSPS) is 15.0. The molecule has 0 fully saturated rings. The molecule has 0 aliphatic rings. The monoisotopic (exact) mass is 230 g/mol. The molecule has 0 saturated heterocycles. The lowest BCUT2D eigenvalue weighted by molar-refractivity contribution is 0.487. The summed E-state index contributed by atoms with van der Waals surface area (Å²) in [4.78, 5) is 9.74. The summed E-state index contributed by atoms with van der Waals surface area (Å²) in [5.41, 5.74) is 0. The van der Waals surface area contributed by atoms with E-state index in [-0.39, 0.29) is 0 Å². The first-order valence-corrected chi connectivity index (χ1v) is 7.13. The van der Waals surface area contributed by atoms with E-state index in [1.807, 2.05) is 6.07 Å². The van der Waals surface area contributed by atoms with Crippen LogP contribution in [0, 0.1) is 0 Å². The molecule has 0 aromatic heterocycles. The van der Waals surface area contributed by atoms with Crippen molar-refractivity contribution in [2.45, 2.75) is 12.8 Å². The third-order valence-electron chi connectivity index (χ3n) is 2.03. The Hall–Kier alpha value is -0.240. The van der Waals surface area contributed by atoms with Crippen molar-refractivity contribution in [3.8, 4) is 0 Å². The van der Waals surface area contributed by atoms with E-state index in [0.29, 0.717) is 11.5 Å². The summed E-state index contributed by atoms with van der Waals surface area (Å²) in [6, 6.07) is 8.84. The maximum atomic E-state index is 11.8. The minimum absolute atomic E-state index is 0.359. The molecule has 1 atom stereocenters. The quantitative estimate of drug-likeness (QED) is 0.462. The van der Waals surface area contributed by atoms with E-state index in [9.17, 15) is 9.46 Å². The molecule has 0 heterocycles. The van der Waals surface area contributed by atoms with Gasteiger partial charge >= 0.3 is 0 Å². The fourth-order valence-electron chi connectivity index (χ4n) is 1.23. The Morgan fingerprint density at radius 2 is 1.86 bits per heavy atom. The Kier molecular flexibility index (Phi) is 4.73. The van der Waals surface area contributed by atoms with Crippen molar-refractivity contribution in [1.29, 1.82) is 0 Å². The number of hydrogen-bond acceptors (Lipinski definition) is 2. The second kappa shape index (κ2) is 5.59. The van der Waals surface area contributed by atoms with E-state index in [1.54, 1.807) is 24.3 Å². The second-order valence-electron chi connectivity index (χ2n) is 3.19. The Bertz CT molecular complexity index is 313. The van der Waals surface area contributed by atoms with Crippen molar-refractivity contribution in [2.24, 2.45) is 0 Å². The third kappa shape index (κ3) is 3.49. The first kappa shape index (κ1) is 11.8. The summed E-state index contributed by atoms with van der Waals surface area (Å²) in [7, 11) is -3.11. The number of rotatable bonds is 5. The predicted molar refractivity (Wildman–Crippen MR) is 63.9 cm³/mol. The number of unbranched alkanes of at least 4 members (excludes halogenated alkanes) is 1. The second-order valence-corrected chi connectivity index (χ2v) is 6.01. The van der Waals surface area contributed by atoms with Gasteiger partial charge in [0.25, 0.3) is 0 Å². The molecular formula is C10H15O2PS. The zero-order chi connectivity index (χ0) is 10.4. The lowest BCUT2D eigenvalue weighted by atomic mass is 10.4. The van der Waals surface area contributed by atoms with Gasteiger partial charge in [-0.15, -0.1) is 0 Å². The highest BCUT2D eigenvalue weighted by Crippen LogP contribution is 2.39. The van der Waals surface area contributed by atoms with Crippen LogP contribution in [0.3, 0.4) is 0 Å². The van der Waals surface area contributed by atoms with Crippen molar-refractivity contribution >= 4 is 25.3 Å². The first-order valence-electron chi connectivity index (χ1n) is 4.65. The molecule has 0 amide bonds. The standard InChI is InChI=1S/C10H15O2PS/c11-13(12,8-4-5-9-14)10-6-2-1-3-7-10/h1-3,6-7,14H,4-5,8-9H2,(H,11,12). The molecule has 2 nitrogen and oxygen atoms in total. The minimum Gasteiger partial charge on any atom is -0.341 e. The van der Waals surface area contributed by atoms with Gasteiger partial charge in [0.05, 0.1) is 0 Å². The number of benzene rings is 1. The molecular weight excluding hydrogens is 215 g/mol. The highest BCUT2D eigenvalue weighted by Gasteiger charge is 2.19. The SMILES string of the molecule is O=P(O)(CCCCS)c1ccccc1. The van der Waals surface area contributed by atoms with E-state index < -0.39 is 7.37 Å². The van der Waals surface area contributed by atoms with Crippen LogP contribution in [0.2, 0.25) is 0 Å². The van der Waals surface area contributed by atoms with Crippen LogP contribution in [0.5, 0.6) is 0 Å². The molecule has 1 aromatic rings. The van der Waals surface area contributed by atoms with Gasteiger partial charge in [0.15, 0.2) is 0 Å². The van der Waals surface area contributed by atoms with Crippen LogP contribution in [0.25, 0.3) is 0 Å². The molecule has 1 rings (SSSR count). The van der Waals surface area contributed by atoms with E-state index >= 15 is 0 Å². The van der Waals surface area contributed by atoms with Crippen LogP contribution in [-0.2, 0) is 4.57 Å². The third-order valence-corrected chi connectivity index (χ3v) is 4.37. The zero-order valence-electron chi connectivity index (χ0n) is 7.97. The number of hydrogen-bond donors (Lipinski definition) is 2. The number of thiol groups is 1. The van der Waals surface area contributed by atoms with E-state index in [2.05, 4.69) is 12.6 Å². The Morgan fingerprint density at radius 3 is 2.43 bits per heavy atom. The molecule has 1 aromatic carbocycles. The van der Waals surface area contributed by atoms with Gasteiger partial charge in [-0.3, -0.25) is 4.57 Å². The Balaban J connectivity index is 2.62. The van der Waals surface area contributed by atoms with Gasteiger partial charge in [-0.05, 0) is 30.7 Å². The van der Waals surface area contributed by atoms with E-state index in [4.69, 9.17) is 0 Å². The smallest absolute Gasteiger partial charge is 0.229 e. The molecule has 14 heavy (non-hydrogen) atoms. The van der Waals surface area contributed by atoms with Crippen molar-refractivity contribution in [2.75, 3.05) is 11.9 Å². The van der Waals surface area contributed by atoms with Crippen LogP contribution in [0.4, 0.5) is 0 Å². The maximum Gasteiger partial charge on any atom is 0.229 e. The van der Waals surface area contributed by atoms with Gasteiger partial charge in [-0.2, -0.15) is 12.6 Å². The van der Waals surface area contributed by atoms with Crippen LogP contribution in [0.1, 0.15) is 12.8 Å². The van der Waals surface area contributed by atoms with Crippen LogP contribution < -0.4 is 5.30 Å². The average Bonchev–Trinajstić information content (AvgIpc) is 2.19. The van der Waals surface area contributed by atoms with Gasteiger partial charge in [-0.1, -0.05) is 18.2 Å². The molecule has 4 heteroatoms. The average molecular weight is 230 g/mol. The fourth-order valence-corrected chi connectivity index (χ4v) is 3.00. The molecule has 1 N–H and O–H groups in total. The molecule has 0 spiro atoms. The van der Waals surface area contributed by atoms with Crippen molar-refractivity contribution in [1.82, 2.24) is 0 Å². The minimum atomic E-state index is -3.11. The summed E-state index contributed by atoms with van der Waals surface area (Å²) in [6.07, 6.45) is 2.00. The van der Waals surface area contributed by atoms with Crippen molar-refractivity contribution in [3.05, 3.63) is 30.3 Å². The lowest BCUT2D eigenvalue weighted by Crippen LogP contribution is -2.06. The largest absolute Gasteiger partial charge is 0.341 e. The predicted octanol–water partition coefficient (Wildman–Crippen LogP) is 2.29. The molecule has 0 aliphatic heterocycles. The first-order chi connectivity index (χ1) is 6.67. The van der Waals surface area contributed by atoms with Crippen LogP contribution in [0.15, 0.2) is 30.3 Å². The molecule has 0 saturated carbocycles. The summed E-state index contributed by atoms with van der Waals surface area (Å²) >= 11 is 4.07. The zero-order valence-corrected chi connectivity index (χ0v) is 9.75. The highest BCUT2D eigenvalue weighted by atomic mass is 32.1. The maximum absolute atomic E-state index is 11.8. The Labute approximate surface area is 90.2 Å². The van der Waals surface area contributed by atoms with Crippen molar-refractivity contribution < 1.29 is 9.46 Å². The van der Waals surface area contributed by atoms with Crippen LogP contribution in [-0.4, -0.2) is 16.8 Å². The molecule has 0 radical (unpaired) electrons. The Morgan fingerprint density at radius 1 is 1.21 bits per heavy atom. The van der Waals surface area contributed by atoms with Gasteiger partial charge in [0, 0.05) is 11.5 Å². The fraction of sp³-hybridized carbons (Fsp3) is 0.400. The topological polar surface area (TPSA) is 37.3 Å². The van der Waals surface area contributed by atoms with E-state index in [0.717, 1.165) is 18.6 Å². The van der Waals surface area contributed by atoms with Crippen LogP contribution >= 0.6 is 20.0 Å². The van der Waals surface area contributed by atoms with Gasteiger partial charge < -0.3 is 4.89 Å². The summed E-state index contributed by atoms with van der Waals surface area (Å²) in [5.74, 6) is 0.773. The lowest BCUT2D eigenvalue weighted by Gasteiger charge is -2.10. The van der Waals surface area contributed by atoms with Crippen molar-refractivity contribution in [3.63, 3.8) is 0 Å². The summed E-state index contributed by atoms with van der Waals surface area (Å²) in [6.45, 7) is 0. The highest BCUT2D eigenvalue weighted by molar-refractivity contribution is 7.80. The van der Waals surface area contributed by atoms with Gasteiger partial charge in [0.1, 0.15) is 0 Å².